The summed E-state index contributed by atoms with van der Waals surface area (Å²) in [7, 11) is 1.67. The van der Waals surface area contributed by atoms with Crippen molar-refractivity contribution in [3.05, 3.63) is 35.9 Å². The Morgan fingerprint density at radius 3 is 2.58 bits per heavy atom. The number of methoxy groups -OCH3 is 1. The van der Waals surface area contributed by atoms with E-state index in [-0.39, 0.29) is 11.5 Å². The van der Waals surface area contributed by atoms with E-state index in [0.29, 0.717) is 19.1 Å². The lowest BCUT2D eigenvalue weighted by molar-refractivity contribution is 0.179. The molecule has 0 aliphatic carbocycles. The molecule has 1 atom stereocenters. The van der Waals surface area contributed by atoms with Crippen LogP contribution >= 0.6 is 0 Å². The third-order valence-corrected chi connectivity index (χ3v) is 3.01. The Morgan fingerprint density at radius 1 is 1.37 bits per heavy atom. The zero-order valence-electron chi connectivity index (χ0n) is 12.3. The summed E-state index contributed by atoms with van der Waals surface area (Å²) in [5.74, 6) is 0.466. The second-order valence-electron chi connectivity index (χ2n) is 5.45. The number of aliphatic imine (C=N–C) groups is 1. The molecule has 1 aromatic carbocycles. The van der Waals surface area contributed by atoms with E-state index in [9.17, 15) is 0 Å². The van der Waals surface area contributed by atoms with Crippen molar-refractivity contribution in [1.29, 1.82) is 0 Å². The minimum Gasteiger partial charge on any atom is -0.383 e. The average Bonchev–Trinajstić information content (AvgIpc) is 2.38. The molecule has 3 N–H and O–H groups in total. The standard InChI is InChI=1S/C15H25N3O/c1-12(10-19-4)18-14(16)17-11-15(2,3)13-8-6-5-7-9-13/h5-9,12H,10-11H2,1-4H3,(H3,16,17,18). The number of hydrogen-bond donors (Lipinski definition) is 2. The van der Waals surface area contributed by atoms with Crippen LogP contribution in [0.25, 0.3) is 0 Å². The molecule has 19 heavy (non-hydrogen) atoms. The molecule has 0 fully saturated rings. The summed E-state index contributed by atoms with van der Waals surface area (Å²) in [6.07, 6.45) is 0. The Hall–Kier alpha value is -1.55. The lowest BCUT2D eigenvalue weighted by Crippen LogP contribution is -2.41. The van der Waals surface area contributed by atoms with Gasteiger partial charge in [-0.3, -0.25) is 4.99 Å². The van der Waals surface area contributed by atoms with Crippen molar-refractivity contribution < 1.29 is 4.74 Å². The number of hydrogen-bond acceptors (Lipinski definition) is 2. The highest BCUT2D eigenvalue weighted by atomic mass is 16.5. The van der Waals surface area contributed by atoms with E-state index in [0.717, 1.165) is 0 Å². The van der Waals surface area contributed by atoms with E-state index >= 15 is 0 Å². The van der Waals surface area contributed by atoms with E-state index in [4.69, 9.17) is 10.5 Å². The molecule has 0 saturated heterocycles. The highest BCUT2D eigenvalue weighted by Gasteiger charge is 2.19. The molecule has 0 radical (unpaired) electrons. The van der Waals surface area contributed by atoms with Gasteiger partial charge in [0.2, 0.25) is 0 Å². The molecule has 0 saturated carbocycles. The number of rotatable bonds is 6. The molecule has 4 nitrogen and oxygen atoms in total. The summed E-state index contributed by atoms with van der Waals surface area (Å²) in [5, 5.41) is 3.11. The van der Waals surface area contributed by atoms with Crippen LogP contribution in [0.5, 0.6) is 0 Å². The van der Waals surface area contributed by atoms with Gasteiger partial charge >= 0.3 is 0 Å². The number of ether oxygens (including phenoxy) is 1. The van der Waals surface area contributed by atoms with Crippen LogP contribution in [-0.4, -0.2) is 32.3 Å². The van der Waals surface area contributed by atoms with Gasteiger partial charge in [-0.25, -0.2) is 0 Å². The van der Waals surface area contributed by atoms with E-state index < -0.39 is 0 Å². The Bertz CT molecular complexity index is 401. The number of nitrogens with zero attached hydrogens (tertiary/aromatic N) is 1. The Balaban J connectivity index is 2.59. The van der Waals surface area contributed by atoms with Crippen molar-refractivity contribution in [3.63, 3.8) is 0 Å². The predicted octanol–water partition coefficient (Wildman–Crippen LogP) is 1.90. The Kier molecular flexibility index (Phi) is 5.83. The maximum absolute atomic E-state index is 5.87. The second kappa shape index (κ2) is 7.14. The van der Waals surface area contributed by atoms with Gasteiger partial charge in [0.05, 0.1) is 13.2 Å². The van der Waals surface area contributed by atoms with Gasteiger partial charge in [0.15, 0.2) is 5.96 Å². The first kappa shape index (κ1) is 15.5. The summed E-state index contributed by atoms with van der Waals surface area (Å²) in [6.45, 7) is 7.59. The van der Waals surface area contributed by atoms with Gasteiger partial charge in [-0.15, -0.1) is 0 Å². The molecule has 0 aromatic heterocycles. The van der Waals surface area contributed by atoms with Gasteiger partial charge in [0.25, 0.3) is 0 Å². The molecular formula is C15H25N3O. The predicted molar refractivity (Wildman–Crippen MR) is 80.4 cm³/mol. The summed E-state index contributed by atoms with van der Waals surface area (Å²) in [5.41, 5.74) is 7.10. The molecule has 0 bridgehead atoms. The van der Waals surface area contributed by atoms with Crippen LogP contribution in [0.2, 0.25) is 0 Å². The maximum Gasteiger partial charge on any atom is 0.188 e. The number of nitrogens with one attached hydrogen (secondary N) is 1. The number of benzene rings is 1. The molecule has 1 aromatic rings. The second-order valence-corrected chi connectivity index (χ2v) is 5.45. The fourth-order valence-electron chi connectivity index (χ4n) is 1.85. The van der Waals surface area contributed by atoms with Gasteiger partial charge in [-0.1, -0.05) is 44.2 Å². The van der Waals surface area contributed by atoms with Crippen molar-refractivity contribution in [2.75, 3.05) is 20.3 Å². The van der Waals surface area contributed by atoms with Crippen LogP contribution in [0.15, 0.2) is 35.3 Å². The first-order valence-electron chi connectivity index (χ1n) is 6.56. The SMILES string of the molecule is COCC(C)NC(N)=NCC(C)(C)c1ccccc1. The van der Waals surface area contributed by atoms with Crippen LogP contribution in [0.1, 0.15) is 26.3 Å². The molecule has 0 aliphatic heterocycles. The summed E-state index contributed by atoms with van der Waals surface area (Å²) in [6, 6.07) is 10.5. The van der Waals surface area contributed by atoms with Gasteiger partial charge < -0.3 is 15.8 Å². The topological polar surface area (TPSA) is 59.6 Å². The van der Waals surface area contributed by atoms with Gasteiger partial charge in [0.1, 0.15) is 0 Å². The van der Waals surface area contributed by atoms with E-state index in [1.54, 1.807) is 7.11 Å². The van der Waals surface area contributed by atoms with Crippen LogP contribution in [-0.2, 0) is 10.2 Å². The van der Waals surface area contributed by atoms with E-state index in [1.807, 2.05) is 25.1 Å². The molecular weight excluding hydrogens is 238 g/mol. The first-order valence-corrected chi connectivity index (χ1v) is 6.56. The van der Waals surface area contributed by atoms with E-state index in [1.165, 1.54) is 5.56 Å². The summed E-state index contributed by atoms with van der Waals surface area (Å²) < 4.78 is 5.05. The first-order chi connectivity index (χ1) is 8.95. The maximum atomic E-state index is 5.87. The van der Waals surface area contributed by atoms with Crippen molar-refractivity contribution in [2.45, 2.75) is 32.2 Å². The van der Waals surface area contributed by atoms with Crippen molar-refractivity contribution >= 4 is 5.96 Å². The van der Waals surface area contributed by atoms with Crippen molar-refractivity contribution in [1.82, 2.24) is 5.32 Å². The van der Waals surface area contributed by atoms with Crippen molar-refractivity contribution in [2.24, 2.45) is 10.7 Å². The largest absolute Gasteiger partial charge is 0.383 e. The molecule has 0 amide bonds. The number of nitrogens with two attached hydrogens (primary N) is 1. The molecule has 1 unspecified atom stereocenters. The molecule has 1 rings (SSSR count). The third-order valence-electron chi connectivity index (χ3n) is 3.01. The Labute approximate surface area is 116 Å². The molecule has 0 spiro atoms. The van der Waals surface area contributed by atoms with Crippen LogP contribution in [0.3, 0.4) is 0 Å². The third kappa shape index (κ3) is 5.30. The zero-order chi connectivity index (χ0) is 14.3. The number of guanidine groups is 1. The molecule has 0 aliphatic rings. The minimum atomic E-state index is -0.0297. The minimum absolute atomic E-state index is 0.0297. The Morgan fingerprint density at radius 2 is 2.00 bits per heavy atom. The summed E-state index contributed by atoms with van der Waals surface area (Å²) >= 11 is 0. The van der Waals surface area contributed by atoms with E-state index in [2.05, 4.69) is 36.3 Å². The van der Waals surface area contributed by atoms with Gasteiger partial charge in [-0.2, -0.15) is 0 Å². The lowest BCUT2D eigenvalue weighted by Gasteiger charge is -2.23. The fourth-order valence-corrected chi connectivity index (χ4v) is 1.85. The highest BCUT2D eigenvalue weighted by Crippen LogP contribution is 2.22. The highest BCUT2D eigenvalue weighted by molar-refractivity contribution is 5.78. The smallest absolute Gasteiger partial charge is 0.188 e. The normalized spacial score (nSPS) is 14.2. The quantitative estimate of drug-likeness (QED) is 0.609. The molecule has 4 heteroatoms. The summed E-state index contributed by atoms with van der Waals surface area (Å²) in [4.78, 5) is 4.42. The van der Waals surface area contributed by atoms with Crippen LogP contribution in [0, 0.1) is 0 Å². The zero-order valence-corrected chi connectivity index (χ0v) is 12.3. The monoisotopic (exact) mass is 263 g/mol. The molecule has 106 valence electrons. The van der Waals surface area contributed by atoms with Crippen LogP contribution in [0.4, 0.5) is 0 Å². The molecule has 0 heterocycles. The van der Waals surface area contributed by atoms with Crippen LogP contribution < -0.4 is 11.1 Å². The fraction of sp³-hybridized carbons (Fsp3) is 0.533. The van der Waals surface area contributed by atoms with Gasteiger partial charge in [0, 0.05) is 18.6 Å². The van der Waals surface area contributed by atoms with Gasteiger partial charge in [-0.05, 0) is 12.5 Å². The average molecular weight is 263 g/mol. The van der Waals surface area contributed by atoms with Crippen molar-refractivity contribution in [3.8, 4) is 0 Å². The lowest BCUT2D eigenvalue weighted by atomic mass is 9.85.